The summed E-state index contributed by atoms with van der Waals surface area (Å²) >= 11 is 3.42. The highest BCUT2D eigenvalue weighted by atomic mass is 79.9. The molecule has 1 aromatic carbocycles. The van der Waals surface area contributed by atoms with Crippen LogP contribution in [0, 0.1) is 0 Å². The van der Waals surface area contributed by atoms with Crippen molar-refractivity contribution in [3.63, 3.8) is 0 Å². The minimum Gasteiger partial charge on any atom is -0.469 e. The standard InChI is InChI=1S/C13H15BrO4/c1-16-12(15)7-11-8-17-13(18-11)6-9-3-2-4-10(14)5-9/h2-5,11,13H,6-8H2,1H3. The van der Waals surface area contributed by atoms with Crippen LogP contribution in [-0.4, -0.2) is 32.1 Å². The normalized spacial score (nSPS) is 23.0. The van der Waals surface area contributed by atoms with E-state index in [9.17, 15) is 4.79 Å². The summed E-state index contributed by atoms with van der Waals surface area (Å²) in [6.07, 6.45) is 0.436. The molecule has 0 radical (unpaired) electrons. The molecule has 5 heteroatoms. The molecule has 2 atom stereocenters. The lowest BCUT2D eigenvalue weighted by Crippen LogP contribution is -2.18. The Labute approximate surface area is 114 Å². The third-order valence-corrected chi connectivity index (χ3v) is 3.22. The lowest BCUT2D eigenvalue weighted by molar-refractivity contribution is -0.143. The first-order valence-corrected chi connectivity index (χ1v) is 6.55. The third-order valence-electron chi connectivity index (χ3n) is 2.73. The van der Waals surface area contributed by atoms with E-state index in [1.54, 1.807) is 0 Å². The Morgan fingerprint density at radius 1 is 1.56 bits per heavy atom. The van der Waals surface area contributed by atoms with Crippen molar-refractivity contribution >= 4 is 21.9 Å². The summed E-state index contributed by atoms with van der Waals surface area (Å²) in [5, 5.41) is 0. The molecule has 2 rings (SSSR count). The lowest BCUT2D eigenvalue weighted by Gasteiger charge is -2.11. The number of rotatable bonds is 4. The number of halogens is 1. The maximum absolute atomic E-state index is 11.1. The number of methoxy groups -OCH3 is 1. The molecule has 1 aliphatic rings. The maximum atomic E-state index is 11.1. The molecule has 0 saturated carbocycles. The summed E-state index contributed by atoms with van der Waals surface area (Å²) < 4.78 is 16.8. The van der Waals surface area contributed by atoms with Gasteiger partial charge in [0.05, 0.1) is 26.2 Å². The molecule has 18 heavy (non-hydrogen) atoms. The zero-order valence-corrected chi connectivity index (χ0v) is 11.7. The average molecular weight is 315 g/mol. The molecule has 1 aromatic rings. The molecule has 1 fully saturated rings. The second-order valence-corrected chi connectivity index (χ2v) is 5.05. The molecule has 0 aliphatic carbocycles. The first-order chi connectivity index (χ1) is 8.67. The van der Waals surface area contributed by atoms with Crippen molar-refractivity contribution in [3.05, 3.63) is 34.3 Å². The van der Waals surface area contributed by atoms with Crippen LogP contribution >= 0.6 is 15.9 Å². The summed E-state index contributed by atoms with van der Waals surface area (Å²) in [5.41, 5.74) is 1.13. The van der Waals surface area contributed by atoms with Crippen molar-refractivity contribution in [1.82, 2.24) is 0 Å². The Balaban J connectivity index is 1.84. The Hall–Kier alpha value is -0.910. The van der Waals surface area contributed by atoms with Gasteiger partial charge in [-0.25, -0.2) is 0 Å². The quantitative estimate of drug-likeness (QED) is 0.800. The van der Waals surface area contributed by atoms with Gasteiger partial charge in [0.1, 0.15) is 0 Å². The monoisotopic (exact) mass is 314 g/mol. The van der Waals surface area contributed by atoms with Crippen LogP contribution in [0.1, 0.15) is 12.0 Å². The Morgan fingerprint density at radius 3 is 3.11 bits per heavy atom. The number of carbonyl (C=O) groups excluding carboxylic acids is 1. The Bertz CT molecular complexity index is 421. The van der Waals surface area contributed by atoms with Crippen LogP contribution in [0.5, 0.6) is 0 Å². The van der Waals surface area contributed by atoms with Gasteiger partial charge in [-0.2, -0.15) is 0 Å². The molecule has 2 unspecified atom stereocenters. The number of esters is 1. The van der Waals surface area contributed by atoms with Crippen molar-refractivity contribution in [2.45, 2.75) is 25.2 Å². The fourth-order valence-electron chi connectivity index (χ4n) is 1.85. The topological polar surface area (TPSA) is 44.8 Å². The smallest absolute Gasteiger partial charge is 0.308 e. The van der Waals surface area contributed by atoms with Crippen LogP contribution in [0.15, 0.2) is 28.7 Å². The van der Waals surface area contributed by atoms with E-state index < -0.39 is 0 Å². The predicted octanol–water partition coefficient (Wildman–Crippen LogP) is 2.30. The van der Waals surface area contributed by atoms with E-state index in [-0.39, 0.29) is 24.8 Å². The minimum atomic E-state index is -0.283. The van der Waals surface area contributed by atoms with Crippen LogP contribution in [0.25, 0.3) is 0 Å². The molecule has 0 bridgehead atoms. The third kappa shape index (κ3) is 3.80. The van der Waals surface area contributed by atoms with E-state index in [1.165, 1.54) is 7.11 Å². The molecule has 1 heterocycles. The van der Waals surface area contributed by atoms with Gasteiger partial charge in [-0.3, -0.25) is 4.79 Å². The van der Waals surface area contributed by atoms with Gasteiger partial charge in [-0.1, -0.05) is 28.1 Å². The molecule has 0 spiro atoms. The molecular formula is C13H15BrO4. The molecule has 0 N–H and O–H groups in total. The second-order valence-electron chi connectivity index (χ2n) is 4.14. The fourth-order valence-corrected chi connectivity index (χ4v) is 2.29. The lowest BCUT2D eigenvalue weighted by atomic mass is 10.1. The Kier molecular flexibility index (Phi) is 4.74. The zero-order valence-electron chi connectivity index (χ0n) is 10.1. The fraction of sp³-hybridized carbons (Fsp3) is 0.462. The van der Waals surface area contributed by atoms with Gasteiger partial charge >= 0.3 is 5.97 Å². The first-order valence-electron chi connectivity index (χ1n) is 5.75. The van der Waals surface area contributed by atoms with Crippen LogP contribution < -0.4 is 0 Å². The molecule has 1 aliphatic heterocycles. The largest absolute Gasteiger partial charge is 0.469 e. The van der Waals surface area contributed by atoms with Gasteiger partial charge < -0.3 is 14.2 Å². The van der Waals surface area contributed by atoms with E-state index in [1.807, 2.05) is 24.3 Å². The first kappa shape index (κ1) is 13.5. The summed E-state index contributed by atoms with van der Waals surface area (Å²) in [5.74, 6) is -0.272. The molecule has 0 amide bonds. The van der Waals surface area contributed by atoms with E-state index in [0.29, 0.717) is 13.0 Å². The molecular weight excluding hydrogens is 300 g/mol. The molecule has 98 valence electrons. The minimum absolute atomic E-state index is 0.199. The van der Waals surface area contributed by atoms with Crippen molar-refractivity contribution < 1.29 is 19.0 Å². The SMILES string of the molecule is COC(=O)CC1COC(Cc2cccc(Br)c2)O1. The average Bonchev–Trinajstić information content (AvgIpc) is 2.76. The van der Waals surface area contributed by atoms with Gasteiger partial charge in [-0.15, -0.1) is 0 Å². The van der Waals surface area contributed by atoms with E-state index >= 15 is 0 Å². The maximum Gasteiger partial charge on any atom is 0.308 e. The molecule has 4 nitrogen and oxygen atoms in total. The van der Waals surface area contributed by atoms with Crippen LogP contribution in [0.3, 0.4) is 0 Å². The Morgan fingerprint density at radius 2 is 2.39 bits per heavy atom. The van der Waals surface area contributed by atoms with Crippen molar-refractivity contribution in [3.8, 4) is 0 Å². The van der Waals surface area contributed by atoms with E-state index in [4.69, 9.17) is 9.47 Å². The number of carbonyl (C=O) groups is 1. The van der Waals surface area contributed by atoms with Crippen molar-refractivity contribution in [1.29, 1.82) is 0 Å². The summed E-state index contributed by atoms with van der Waals surface area (Å²) in [6.45, 7) is 0.438. The molecule has 0 aromatic heterocycles. The zero-order chi connectivity index (χ0) is 13.0. The molecule has 1 saturated heterocycles. The summed E-state index contributed by atoms with van der Waals surface area (Å²) in [6, 6.07) is 7.99. The van der Waals surface area contributed by atoms with Crippen LogP contribution in [0.4, 0.5) is 0 Å². The van der Waals surface area contributed by atoms with Crippen LogP contribution in [0.2, 0.25) is 0 Å². The van der Waals surface area contributed by atoms with Gasteiger partial charge in [0.25, 0.3) is 0 Å². The van der Waals surface area contributed by atoms with Crippen molar-refractivity contribution in [2.75, 3.05) is 13.7 Å². The number of benzene rings is 1. The van der Waals surface area contributed by atoms with Gasteiger partial charge in [0, 0.05) is 10.9 Å². The number of hydrogen-bond donors (Lipinski definition) is 0. The highest BCUT2D eigenvalue weighted by Gasteiger charge is 2.28. The predicted molar refractivity (Wildman–Crippen MR) is 69.1 cm³/mol. The van der Waals surface area contributed by atoms with E-state index in [0.717, 1.165) is 10.0 Å². The highest BCUT2D eigenvalue weighted by molar-refractivity contribution is 9.10. The van der Waals surface area contributed by atoms with Gasteiger partial charge in [0.2, 0.25) is 0 Å². The summed E-state index contributed by atoms with van der Waals surface area (Å²) in [4.78, 5) is 11.1. The van der Waals surface area contributed by atoms with Gasteiger partial charge in [0.15, 0.2) is 6.29 Å². The summed E-state index contributed by atoms with van der Waals surface area (Å²) in [7, 11) is 1.37. The number of ether oxygens (including phenoxy) is 3. The van der Waals surface area contributed by atoms with Gasteiger partial charge in [-0.05, 0) is 17.7 Å². The highest BCUT2D eigenvalue weighted by Crippen LogP contribution is 2.20. The van der Waals surface area contributed by atoms with Crippen LogP contribution in [-0.2, 0) is 25.4 Å². The van der Waals surface area contributed by atoms with Crippen molar-refractivity contribution in [2.24, 2.45) is 0 Å². The second kappa shape index (κ2) is 6.31. The van der Waals surface area contributed by atoms with E-state index in [2.05, 4.69) is 20.7 Å². The number of hydrogen-bond acceptors (Lipinski definition) is 4.